The Kier molecular flexibility index (Phi) is 5.31. The lowest BCUT2D eigenvalue weighted by Gasteiger charge is -2.07. The van der Waals surface area contributed by atoms with E-state index in [-0.39, 0.29) is 0 Å². The molecule has 0 aliphatic carbocycles. The number of halogens is 3. The highest BCUT2D eigenvalue weighted by Gasteiger charge is 2.09. The number of nitrogens with zero attached hydrogens (tertiary/aromatic N) is 1. The van der Waals surface area contributed by atoms with Gasteiger partial charge in [0.25, 0.3) is 0 Å². The molecule has 0 bridgehead atoms. The molecule has 0 saturated heterocycles. The van der Waals surface area contributed by atoms with Gasteiger partial charge < -0.3 is 9.15 Å². The van der Waals surface area contributed by atoms with Crippen LogP contribution in [0.1, 0.15) is 0 Å². The van der Waals surface area contributed by atoms with Crippen molar-refractivity contribution in [1.29, 1.82) is 0 Å². The second-order valence-corrected chi connectivity index (χ2v) is 7.35. The van der Waals surface area contributed by atoms with Crippen molar-refractivity contribution in [2.24, 2.45) is 4.99 Å². The van der Waals surface area contributed by atoms with E-state index < -0.39 is 0 Å². The number of benzene rings is 3. The van der Waals surface area contributed by atoms with Crippen LogP contribution in [0.15, 0.2) is 76.1 Å². The summed E-state index contributed by atoms with van der Waals surface area (Å²) in [6, 6.07) is 20.1. The molecule has 0 fully saturated rings. The van der Waals surface area contributed by atoms with E-state index in [4.69, 9.17) is 48.9 Å². The summed E-state index contributed by atoms with van der Waals surface area (Å²) in [5.41, 5.74) is 2.18. The minimum absolute atomic E-state index is 0.470. The van der Waals surface area contributed by atoms with Crippen molar-refractivity contribution in [1.82, 2.24) is 0 Å². The molecule has 0 aliphatic heterocycles. The molecule has 3 nitrogen and oxygen atoms in total. The molecule has 140 valence electrons. The third kappa shape index (κ3) is 3.88. The second-order valence-electron chi connectivity index (χ2n) is 6.07. The van der Waals surface area contributed by atoms with Crippen molar-refractivity contribution in [3.05, 3.63) is 87.2 Å². The van der Waals surface area contributed by atoms with Crippen molar-refractivity contribution in [2.45, 2.75) is 0 Å². The predicted molar refractivity (Wildman–Crippen MR) is 115 cm³/mol. The lowest BCUT2D eigenvalue weighted by Crippen LogP contribution is -2.03. The summed E-state index contributed by atoms with van der Waals surface area (Å²) < 4.78 is 11.5. The van der Waals surface area contributed by atoms with Crippen LogP contribution in [0.4, 0.5) is 5.69 Å². The first-order valence-electron chi connectivity index (χ1n) is 8.41. The quantitative estimate of drug-likeness (QED) is 0.342. The third-order valence-electron chi connectivity index (χ3n) is 4.23. The number of hydrogen-bond donors (Lipinski definition) is 0. The van der Waals surface area contributed by atoms with E-state index in [1.54, 1.807) is 25.3 Å². The van der Waals surface area contributed by atoms with Crippen LogP contribution < -0.4 is 10.1 Å². The summed E-state index contributed by atoms with van der Waals surface area (Å²) in [4.78, 5) is 4.76. The number of fused-ring (bicyclic) bond motifs is 1. The van der Waals surface area contributed by atoms with E-state index in [1.807, 2.05) is 48.5 Å². The molecule has 1 aromatic heterocycles. The predicted octanol–water partition coefficient (Wildman–Crippen LogP) is 7.30. The maximum Gasteiger partial charge on any atom is 0.137 e. The molecule has 1 heterocycles. The zero-order chi connectivity index (χ0) is 19.7. The van der Waals surface area contributed by atoms with Gasteiger partial charge in [0.15, 0.2) is 0 Å². The van der Waals surface area contributed by atoms with Crippen molar-refractivity contribution >= 4 is 51.5 Å². The first-order chi connectivity index (χ1) is 13.5. The summed E-state index contributed by atoms with van der Waals surface area (Å²) >= 11 is 18.3. The highest BCUT2D eigenvalue weighted by Crippen LogP contribution is 2.29. The maximum absolute atomic E-state index is 6.32. The zero-order valence-corrected chi connectivity index (χ0v) is 17.0. The zero-order valence-electron chi connectivity index (χ0n) is 14.7. The van der Waals surface area contributed by atoms with Gasteiger partial charge in [-0.15, -0.1) is 0 Å². The molecule has 0 spiro atoms. The van der Waals surface area contributed by atoms with Gasteiger partial charge in [0.2, 0.25) is 0 Å². The highest BCUT2D eigenvalue weighted by atomic mass is 35.5. The largest absolute Gasteiger partial charge is 0.497 e. The van der Waals surface area contributed by atoms with Crippen molar-refractivity contribution in [2.75, 3.05) is 7.11 Å². The van der Waals surface area contributed by atoms with E-state index in [0.717, 1.165) is 10.9 Å². The summed E-state index contributed by atoms with van der Waals surface area (Å²) in [5, 5.41) is 3.20. The van der Waals surface area contributed by atoms with Crippen molar-refractivity contribution in [3.8, 4) is 17.1 Å². The van der Waals surface area contributed by atoms with Gasteiger partial charge in [0, 0.05) is 27.1 Å². The van der Waals surface area contributed by atoms with Crippen LogP contribution in [0.5, 0.6) is 5.75 Å². The molecule has 0 unspecified atom stereocenters. The maximum atomic E-state index is 6.32. The number of ether oxygens (including phenoxy) is 1. The Labute approximate surface area is 176 Å². The molecule has 0 amide bonds. The Hall–Kier alpha value is -2.46. The Morgan fingerprint density at radius 3 is 2.29 bits per heavy atom. The van der Waals surface area contributed by atoms with Crippen LogP contribution in [0.3, 0.4) is 0 Å². The number of methoxy groups -OCH3 is 1. The smallest absolute Gasteiger partial charge is 0.137 e. The SMILES string of the molecule is COc1ccc2oc(-c3ccc(Cl)cc3)cc(=Nc3ccc(Cl)cc3Cl)c2c1. The van der Waals surface area contributed by atoms with E-state index in [2.05, 4.69) is 0 Å². The minimum Gasteiger partial charge on any atom is -0.497 e. The summed E-state index contributed by atoms with van der Waals surface area (Å²) in [6.07, 6.45) is 0. The Bertz CT molecular complexity index is 1230. The molecular weight excluding hydrogens is 417 g/mol. The van der Waals surface area contributed by atoms with Gasteiger partial charge in [-0.25, -0.2) is 4.99 Å². The van der Waals surface area contributed by atoms with E-state index in [9.17, 15) is 0 Å². The Morgan fingerprint density at radius 1 is 0.821 bits per heavy atom. The lowest BCUT2D eigenvalue weighted by molar-refractivity contribution is 0.415. The van der Waals surface area contributed by atoms with E-state index in [1.165, 1.54) is 0 Å². The minimum atomic E-state index is 0.470. The average Bonchev–Trinajstić information content (AvgIpc) is 2.70. The Balaban J connectivity index is 2.00. The van der Waals surface area contributed by atoms with Crippen LogP contribution in [-0.4, -0.2) is 7.11 Å². The summed E-state index contributed by atoms with van der Waals surface area (Å²) in [7, 11) is 1.62. The second kappa shape index (κ2) is 7.88. The molecule has 0 saturated carbocycles. The van der Waals surface area contributed by atoms with E-state index >= 15 is 0 Å². The van der Waals surface area contributed by atoms with Gasteiger partial charge in [0.1, 0.15) is 17.1 Å². The van der Waals surface area contributed by atoms with Crippen LogP contribution in [0.25, 0.3) is 22.3 Å². The molecule has 3 aromatic carbocycles. The lowest BCUT2D eigenvalue weighted by atomic mass is 10.1. The van der Waals surface area contributed by atoms with Gasteiger partial charge in [-0.1, -0.05) is 34.8 Å². The summed E-state index contributed by atoms with van der Waals surface area (Å²) in [5.74, 6) is 1.37. The fraction of sp³-hybridized carbons (Fsp3) is 0.0455. The van der Waals surface area contributed by atoms with Gasteiger partial charge in [-0.2, -0.15) is 0 Å². The van der Waals surface area contributed by atoms with Gasteiger partial charge in [0.05, 0.1) is 23.2 Å². The molecule has 0 N–H and O–H groups in total. The first kappa shape index (κ1) is 18.9. The molecule has 0 aliphatic rings. The standard InChI is InChI=1S/C22H14Cl3NO2/c1-27-16-7-9-21-17(11-16)20(26-19-8-6-15(24)10-18(19)25)12-22(28-21)13-2-4-14(23)5-3-13/h2-12H,1H3. The molecular formula is C22H14Cl3NO2. The third-order valence-corrected chi connectivity index (χ3v) is 5.02. The molecule has 0 atom stereocenters. The summed E-state index contributed by atoms with van der Waals surface area (Å²) in [6.45, 7) is 0. The van der Waals surface area contributed by atoms with Gasteiger partial charge in [-0.05, 0) is 60.7 Å². The molecule has 28 heavy (non-hydrogen) atoms. The normalized spacial score (nSPS) is 11.8. The fourth-order valence-electron chi connectivity index (χ4n) is 2.83. The van der Waals surface area contributed by atoms with Crippen LogP contribution >= 0.6 is 34.8 Å². The van der Waals surface area contributed by atoms with Gasteiger partial charge >= 0.3 is 0 Å². The van der Waals surface area contributed by atoms with Crippen LogP contribution in [0.2, 0.25) is 15.1 Å². The molecule has 0 radical (unpaired) electrons. The molecule has 4 aromatic rings. The monoisotopic (exact) mass is 429 g/mol. The first-order valence-corrected chi connectivity index (χ1v) is 9.54. The van der Waals surface area contributed by atoms with Crippen molar-refractivity contribution in [3.63, 3.8) is 0 Å². The Morgan fingerprint density at radius 2 is 1.57 bits per heavy atom. The van der Waals surface area contributed by atoms with E-state index in [0.29, 0.717) is 43.2 Å². The topological polar surface area (TPSA) is 34.7 Å². The molecule has 4 rings (SSSR count). The van der Waals surface area contributed by atoms with Crippen LogP contribution in [0, 0.1) is 0 Å². The van der Waals surface area contributed by atoms with Crippen LogP contribution in [-0.2, 0) is 0 Å². The van der Waals surface area contributed by atoms with Crippen molar-refractivity contribution < 1.29 is 9.15 Å². The average molecular weight is 431 g/mol. The number of rotatable bonds is 3. The van der Waals surface area contributed by atoms with Gasteiger partial charge in [-0.3, -0.25) is 0 Å². The fourth-order valence-corrected chi connectivity index (χ4v) is 3.40. The number of hydrogen-bond acceptors (Lipinski definition) is 3. The molecule has 6 heteroatoms. The highest BCUT2D eigenvalue weighted by molar-refractivity contribution is 6.36.